The lowest BCUT2D eigenvalue weighted by Crippen LogP contribution is -2.49. The van der Waals surface area contributed by atoms with Crippen molar-refractivity contribution in [3.8, 4) is 0 Å². The molecule has 0 saturated carbocycles. The highest BCUT2D eigenvalue weighted by molar-refractivity contribution is 5.97. The maximum Gasteiger partial charge on any atom is 0.270 e. The monoisotopic (exact) mass is 320 g/mol. The fraction of sp³-hybridized carbons (Fsp3) is 0.467. The Bertz CT molecular complexity index is 626. The normalized spacial score (nSPS) is 14.4. The number of non-ortho nitro benzene ring substituents is 1. The highest BCUT2D eigenvalue weighted by Gasteiger charge is 2.22. The number of nitro groups is 1. The zero-order chi connectivity index (χ0) is 17.0. The summed E-state index contributed by atoms with van der Waals surface area (Å²) in [5.41, 5.74) is 0.715. The summed E-state index contributed by atoms with van der Waals surface area (Å²) in [5.74, 6) is -0.523. The van der Waals surface area contributed by atoms with Gasteiger partial charge in [0.05, 0.1) is 11.5 Å². The van der Waals surface area contributed by atoms with Gasteiger partial charge in [-0.15, -0.1) is 0 Å². The standard InChI is InChI=1S/C15H20N4O4/c1-11-7-12(9-13(8-11)19(22)23)15(21)17(2)10-14(20)18-5-3-16-4-6-18/h7-9,16H,3-6,10H2,1-2H3. The molecule has 1 aliphatic rings. The quantitative estimate of drug-likeness (QED) is 0.640. The van der Waals surface area contributed by atoms with E-state index < -0.39 is 10.8 Å². The van der Waals surface area contributed by atoms with Crippen LogP contribution in [0.25, 0.3) is 0 Å². The number of hydrogen-bond donors (Lipinski definition) is 1. The number of amides is 2. The summed E-state index contributed by atoms with van der Waals surface area (Å²) in [6.45, 7) is 4.38. The van der Waals surface area contributed by atoms with Crippen LogP contribution in [0.2, 0.25) is 0 Å². The predicted molar refractivity (Wildman–Crippen MR) is 84.2 cm³/mol. The predicted octanol–water partition coefficient (Wildman–Crippen LogP) is 0.407. The number of nitrogens with one attached hydrogen (secondary N) is 1. The van der Waals surface area contributed by atoms with Gasteiger partial charge in [0, 0.05) is 50.9 Å². The molecule has 0 aliphatic carbocycles. The molecule has 0 atom stereocenters. The minimum atomic E-state index is -0.532. The Kier molecular flexibility index (Phi) is 5.28. The molecule has 1 aliphatic heterocycles. The third-order valence-corrected chi connectivity index (χ3v) is 3.71. The molecule has 8 heteroatoms. The third-order valence-electron chi connectivity index (χ3n) is 3.71. The van der Waals surface area contributed by atoms with Crippen molar-refractivity contribution in [3.63, 3.8) is 0 Å². The van der Waals surface area contributed by atoms with Crippen LogP contribution in [-0.2, 0) is 4.79 Å². The van der Waals surface area contributed by atoms with E-state index in [9.17, 15) is 19.7 Å². The van der Waals surface area contributed by atoms with Crippen LogP contribution in [0.1, 0.15) is 15.9 Å². The minimum absolute atomic E-state index is 0.0411. The Morgan fingerprint density at radius 2 is 1.96 bits per heavy atom. The first-order valence-electron chi connectivity index (χ1n) is 7.38. The van der Waals surface area contributed by atoms with E-state index in [0.717, 1.165) is 13.1 Å². The van der Waals surface area contributed by atoms with Crippen LogP contribution in [-0.4, -0.2) is 66.3 Å². The maximum absolute atomic E-state index is 12.4. The van der Waals surface area contributed by atoms with Gasteiger partial charge in [-0.1, -0.05) is 0 Å². The van der Waals surface area contributed by atoms with Crippen LogP contribution in [0.5, 0.6) is 0 Å². The van der Waals surface area contributed by atoms with Crippen molar-refractivity contribution in [1.82, 2.24) is 15.1 Å². The Labute approximate surface area is 134 Å². The van der Waals surface area contributed by atoms with E-state index in [4.69, 9.17) is 0 Å². The number of carbonyl (C=O) groups excluding carboxylic acids is 2. The second kappa shape index (κ2) is 7.19. The molecule has 1 saturated heterocycles. The van der Waals surface area contributed by atoms with E-state index in [1.165, 1.54) is 24.1 Å². The molecule has 2 rings (SSSR count). The van der Waals surface area contributed by atoms with Crippen LogP contribution < -0.4 is 5.32 Å². The number of aryl methyl sites for hydroxylation is 1. The molecule has 0 spiro atoms. The molecule has 0 bridgehead atoms. The Hall–Kier alpha value is -2.48. The third kappa shape index (κ3) is 4.26. The van der Waals surface area contributed by atoms with Gasteiger partial charge in [-0.05, 0) is 18.6 Å². The fourth-order valence-electron chi connectivity index (χ4n) is 2.50. The molecule has 124 valence electrons. The summed E-state index contributed by atoms with van der Waals surface area (Å²) in [6, 6.07) is 4.23. The molecule has 1 heterocycles. The van der Waals surface area contributed by atoms with E-state index in [1.54, 1.807) is 17.9 Å². The van der Waals surface area contributed by atoms with Crippen molar-refractivity contribution < 1.29 is 14.5 Å². The number of rotatable bonds is 4. The molecule has 0 radical (unpaired) electrons. The van der Waals surface area contributed by atoms with Gasteiger partial charge in [0.25, 0.3) is 11.6 Å². The number of carbonyl (C=O) groups is 2. The summed E-state index contributed by atoms with van der Waals surface area (Å²) in [4.78, 5) is 38.0. The summed E-state index contributed by atoms with van der Waals surface area (Å²) < 4.78 is 0. The smallest absolute Gasteiger partial charge is 0.270 e. The molecule has 0 unspecified atom stereocenters. The minimum Gasteiger partial charge on any atom is -0.339 e. The summed E-state index contributed by atoms with van der Waals surface area (Å²) in [7, 11) is 1.52. The van der Waals surface area contributed by atoms with Crippen LogP contribution in [0.4, 0.5) is 5.69 Å². The molecule has 23 heavy (non-hydrogen) atoms. The average Bonchev–Trinajstić information content (AvgIpc) is 2.54. The van der Waals surface area contributed by atoms with E-state index in [0.29, 0.717) is 18.7 Å². The number of benzene rings is 1. The van der Waals surface area contributed by atoms with E-state index in [1.807, 2.05) is 0 Å². The fourth-order valence-corrected chi connectivity index (χ4v) is 2.50. The Morgan fingerprint density at radius 3 is 2.57 bits per heavy atom. The number of nitrogens with zero attached hydrogens (tertiary/aromatic N) is 3. The van der Waals surface area contributed by atoms with Crippen LogP contribution in [0.15, 0.2) is 18.2 Å². The zero-order valence-electron chi connectivity index (χ0n) is 13.2. The lowest BCUT2D eigenvalue weighted by atomic mass is 10.1. The first-order chi connectivity index (χ1) is 10.9. The molecule has 8 nitrogen and oxygen atoms in total. The van der Waals surface area contributed by atoms with E-state index in [2.05, 4.69) is 5.32 Å². The van der Waals surface area contributed by atoms with Gasteiger partial charge >= 0.3 is 0 Å². The van der Waals surface area contributed by atoms with Crippen molar-refractivity contribution in [2.75, 3.05) is 39.8 Å². The molecule has 1 aromatic rings. The lowest BCUT2D eigenvalue weighted by molar-refractivity contribution is -0.384. The number of likely N-dealkylation sites (N-methyl/N-ethyl adjacent to an activating group) is 1. The number of hydrogen-bond acceptors (Lipinski definition) is 5. The highest BCUT2D eigenvalue weighted by Crippen LogP contribution is 2.18. The van der Waals surface area contributed by atoms with E-state index >= 15 is 0 Å². The number of piperazine rings is 1. The first kappa shape index (κ1) is 16.9. The average molecular weight is 320 g/mol. The first-order valence-corrected chi connectivity index (χ1v) is 7.38. The molecular weight excluding hydrogens is 300 g/mol. The molecule has 2 amide bonds. The summed E-state index contributed by atoms with van der Waals surface area (Å²) >= 11 is 0. The van der Waals surface area contributed by atoms with Gasteiger partial charge in [-0.25, -0.2) is 0 Å². The number of nitro benzene ring substituents is 1. The van der Waals surface area contributed by atoms with Crippen molar-refractivity contribution in [3.05, 3.63) is 39.4 Å². The van der Waals surface area contributed by atoms with Gasteiger partial charge in [-0.2, -0.15) is 0 Å². The SMILES string of the molecule is Cc1cc(C(=O)N(C)CC(=O)N2CCNCC2)cc([N+](=O)[O-])c1. The summed E-state index contributed by atoms with van der Waals surface area (Å²) in [5, 5.41) is 14.1. The molecule has 1 fully saturated rings. The second-order valence-corrected chi connectivity index (χ2v) is 5.61. The van der Waals surface area contributed by atoms with Gasteiger partial charge in [0.15, 0.2) is 0 Å². The molecular formula is C15H20N4O4. The topological polar surface area (TPSA) is 95.8 Å². The Balaban J connectivity index is 2.07. The van der Waals surface area contributed by atoms with Crippen molar-refractivity contribution in [2.24, 2.45) is 0 Å². The van der Waals surface area contributed by atoms with Gasteiger partial charge in [0.2, 0.25) is 5.91 Å². The zero-order valence-corrected chi connectivity index (χ0v) is 13.2. The van der Waals surface area contributed by atoms with Crippen LogP contribution in [0, 0.1) is 17.0 Å². The molecule has 0 aromatic heterocycles. The van der Waals surface area contributed by atoms with Crippen molar-refractivity contribution in [2.45, 2.75) is 6.92 Å². The molecule has 1 aromatic carbocycles. The lowest BCUT2D eigenvalue weighted by Gasteiger charge is -2.29. The van der Waals surface area contributed by atoms with Crippen molar-refractivity contribution >= 4 is 17.5 Å². The second-order valence-electron chi connectivity index (χ2n) is 5.61. The van der Waals surface area contributed by atoms with Crippen molar-refractivity contribution in [1.29, 1.82) is 0 Å². The maximum atomic E-state index is 12.4. The van der Waals surface area contributed by atoms with Crippen LogP contribution >= 0.6 is 0 Å². The summed E-state index contributed by atoms with van der Waals surface area (Å²) in [6.07, 6.45) is 0. The largest absolute Gasteiger partial charge is 0.339 e. The van der Waals surface area contributed by atoms with Gasteiger partial charge in [0.1, 0.15) is 0 Å². The highest BCUT2D eigenvalue weighted by atomic mass is 16.6. The van der Waals surface area contributed by atoms with Crippen LogP contribution in [0.3, 0.4) is 0 Å². The van der Waals surface area contributed by atoms with E-state index in [-0.39, 0.29) is 23.7 Å². The Morgan fingerprint density at radius 1 is 1.30 bits per heavy atom. The van der Waals surface area contributed by atoms with Gasteiger partial charge < -0.3 is 15.1 Å². The van der Waals surface area contributed by atoms with Gasteiger partial charge in [-0.3, -0.25) is 19.7 Å². The molecule has 1 N–H and O–H groups in total.